The summed E-state index contributed by atoms with van der Waals surface area (Å²) in [6, 6.07) is 0. The van der Waals surface area contributed by atoms with Crippen LogP contribution in [-0.2, 0) is 4.74 Å². The fourth-order valence-corrected chi connectivity index (χ4v) is 0.409. The van der Waals surface area contributed by atoms with Gasteiger partial charge in [0.05, 0.1) is 25.4 Å². The first-order valence-corrected chi connectivity index (χ1v) is 3.06. The minimum absolute atomic E-state index is 0. The molecule has 0 aromatic carbocycles. The molecule has 64 valence electrons. The highest BCUT2D eigenvalue weighted by Gasteiger charge is 1.97. The summed E-state index contributed by atoms with van der Waals surface area (Å²) in [5.41, 5.74) is 0. The third-order valence-electron chi connectivity index (χ3n) is 0.718. The van der Waals surface area contributed by atoms with E-state index in [0.29, 0.717) is 13.2 Å². The number of halogens is 1. The quantitative estimate of drug-likeness (QED) is 0.633. The average molecular weight is 171 g/mol. The van der Waals surface area contributed by atoms with Crippen LogP contribution in [0.5, 0.6) is 0 Å². The van der Waals surface area contributed by atoms with Crippen molar-refractivity contribution in [3.8, 4) is 0 Å². The Morgan fingerprint density at radius 1 is 1.10 bits per heavy atom. The molecule has 0 rings (SSSR count). The van der Waals surface area contributed by atoms with Crippen molar-refractivity contribution in [2.45, 2.75) is 26.1 Å². The van der Waals surface area contributed by atoms with Crippen molar-refractivity contribution in [3.63, 3.8) is 0 Å². The smallest absolute Gasteiger partial charge is 0.0745 e. The molecule has 2 N–H and O–H groups in total. The zero-order valence-corrected chi connectivity index (χ0v) is 7.10. The van der Waals surface area contributed by atoms with Crippen LogP contribution in [0.1, 0.15) is 13.8 Å². The van der Waals surface area contributed by atoms with Gasteiger partial charge < -0.3 is 14.9 Å². The van der Waals surface area contributed by atoms with E-state index in [-0.39, 0.29) is 12.4 Å². The van der Waals surface area contributed by atoms with Gasteiger partial charge in [-0.3, -0.25) is 0 Å². The van der Waals surface area contributed by atoms with Crippen molar-refractivity contribution in [2.75, 3.05) is 13.2 Å². The highest BCUT2D eigenvalue weighted by atomic mass is 35.5. The molecule has 0 spiro atoms. The third kappa shape index (κ3) is 11.0. The molecule has 0 aromatic rings. The molecule has 10 heavy (non-hydrogen) atoms. The molecule has 0 aromatic heterocycles. The van der Waals surface area contributed by atoms with Crippen LogP contribution >= 0.6 is 12.4 Å². The summed E-state index contributed by atoms with van der Waals surface area (Å²) in [6.07, 6.45) is -0.882. The van der Waals surface area contributed by atoms with Gasteiger partial charge >= 0.3 is 0 Å². The van der Waals surface area contributed by atoms with Crippen molar-refractivity contribution >= 4 is 12.4 Å². The lowest BCUT2D eigenvalue weighted by molar-refractivity contribution is 0.00392. The molecule has 0 saturated carbocycles. The molecule has 0 aliphatic carbocycles. The monoisotopic (exact) mass is 170 g/mol. The van der Waals surface area contributed by atoms with Gasteiger partial charge in [-0.15, -0.1) is 12.4 Å². The molecule has 0 radical (unpaired) electrons. The third-order valence-corrected chi connectivity index (χ3v) is 0.718. The maximum Gasteiger partial charge on any atom is 0.0745 e. The standard InChI is InChI=1S/C6H14O3.ClH/c1-5(7)3-9-4-6(2)8;/h5-8H,3-4H2,1-2H3;1H. The second kappa shape index (κ2) is 7.28. The van der Waals surface area contributed by atoms with E-state index in [9.17, 15) is 0 Å². The normalized spacial score (nSPS) is 15.6. The van der Waals surface area contributed by atoms with Crippen molar-refractivity contribution < 1.29 is 14.9 Å². The Morgan fingerprint density at radius 2 is 1.40 bits per heavy atom. The molecule has 0 amide bonds. The second-order valence-corrected chi connectivity index (χ2v) is 2.24. The molecule has 0 fully saturated rings. The Balaban J connectivity index is 0. The minimum atomic E-state index is -0.441. The highest BCUT2D eigenvalue weighted by molar-refractivity contribution is 5.85. The summed E-state index contributed by atoms with van der Waals surface area (Å²) in [6.45, 7) is 3.87. The van der Waals surface area contributed by atoms with E-state index in [2.05, 4.69) is 0 Å². The zero-order chi connectivity index (χ0) is 7.28. The fourth-order valence-electron chi connectivity index (χ4n) is 0.409. The van der Waals surface area contributed by atoms with Crippen LogP contribution in [0.3, 0.4) is 0 Å². The van der Waals surface area contributed by atoms with Crippen LogP contribution in [0.15, 0.2) is 0 Å². The molecule has 0 aliphatic heterocycles. The van der Waals surface area contributed by atoms with Gasteiger partial charge in [-0.1, -0.05) is 0 Å². The number of aliphatic hydroxyl groups excluding tert-OH is 2. The molecular weight excluding hydrogens is 156 g/mol. The Morgan fingerprint density at radius 3 is 1.60 bits per heavy atom. The van der Waals surface area contributed by atoms with E-state index in [4.69, 9.17) is 14.9 Å². The molecule has 4 heteroatoms. The largest absolute Gasteiger partial charge is 0.391 e. The van der Waals surface area contributed by atoms with Crippen LogP contribution in [0.25, 0.3) is 0 Å². The second-order valence-electron chi connectivity index (χ2n) is 2.24. The molecule has 2 unspecified atom stereocenters. The van der Waals surface area contributed by atoms with E-state index in [1.807, 2.05) is 0 Å². The van der Waals surface area contributed by atoms with Crippen LogP contribution < -0.4 is 0 Å². The first kappa shape index (κ1) is 12.8. The van der Waals surface area contributed by atoms with E-state index in [0.717, 1.165) is 0 Å². The number of ether oxygens (including phenoxy) is 1. The van der Waals surface area contributed by atoms with Gasteiger partial charge in [0, 0.05) is 0 Å². The Bertz CT molecular complexity index is 58.0. The van der Waals surface area contributed by atoms with E-state index in [1.165, 1.54) is 0 Å². The Kier molecular flexibility index (Phi) is 9.33. The fraction of sp³-hybridized carbons (Fsp3) is 1.00. The predicted octanol–water partition coefficient (Wildman–Crippen LogP) is 0.186. The maximum absolute atomic E-state index is 8.66. The summed E-state index contributed by atoms with van der Waals surface area (Å²) in [4.78, 5) is 0. The van der Waals surface area contributed by atoms with Crippen LogP contribution in [0, 0.1) is 0 Å². The van der Waals surface area contributed by atoms with Gasteiger partial charge in [0.25, 0.3) is 0 Å². The molecule has 3 nitrogen and oxygen atoms in total. The average Bonchev–Trinajstić information content (AvgIpc) is 1.63. The summed E-state index contributed by atoms with van der Waals surface area (Å²) in [5, 5.41) is 17.3. The summed E-state index contributed by atoms with van der Waals surface area (Å²) in [5.74, 6) is 0. The number of hydrogen-bond acceptors (Lipinski definition) is 3. The van der Waals surface area contributed by atoms with Gasteiger partial charge in [-0.2, -0.15) is 0 Å². The number of aliphatic hydroxyl groups is 2. The highest BCUT2D eigenvalue weighted by Crippen LogP contribution is 1.85. The first-order chi connectivity index (χ1) is 4.13. The molecule has 2 atom stereocenters. The minimum Gasteiger partial charge on any atom is -0.391 e. The first-order valence-electron chi connectivity index (χ1n) is 3.06. The zero-order valence-electron chi connectivity index (χ0n) is 6.28. The van der Waals surface area contributed by atoms with Gasteiger partial charge in [-0.05, 0) is 13.8 Å². The molecule has 0 bridgehead atoms. The van der Waals surface area contributed by atoms with Crippen molar-refractivity contribution in [3.05, 3.63) is 0 Å². The molecule has 0 aliphatic rings. The van der Waals surface area contributed by atoms with Crippen molar-refractivity contribution in [2.24, 2.45) is 0 Å². The van der Waals surface area contributed by atoms with Crippen LogP contribution in [0.4, 0.5) is 0 Å². The maximum atomic E-state index is 8.66. The molecule has 0 heterocycles. The lowest BCUT2D eigenvalue weighted by Crippen LogP contribution is -2.16. The molecular formula is C6H15ClO3. The summed E-state index contributed by atoms with van der Waals surface area (Å²) in [7, 11) is 0. The van der Waals surface area contributed by atoms with E-state index >= 15 is 0 Å². The van der Waals surface area contributed by atoms with Crippen LogP contribution in [-0.4, -0.2) is 35.6 Å². The number of hydrogen-bond donors (Lipinski definition) is 2. The SMILES string of the molecule is CC(O)COCC(C)O.Cl. The van der Waals surface area contributed by atoms with Gasteiger partial charge in [0.2, 0.25) is 0 Å². The van der Waals surface area contributed by atoms with Crippen LogP contribution in [0.2, 0.25) is 0 Å². The van der Waals surface area contributed by atoms with E-state index < -0.39 is 12.2 Å². The number of rotatable bonds is 4. The lowest BCUT2D eigenvalue weighted by Gasteiger charge is -2.06. The lowest BCUT2D eigenvalue weighted by atomic mass is 10.4. The predicted molar refractivity (Wildman–Crippen MR) is 41.4 cm³/mol. The topological polar surface area (TPSA) is 49.7 Å². The van der Waals surface area contributed by atoms with Gasteiger partial charge in [0.1, 0.15) is 0 Å². The summed E-state index contributed by atoms with van der Waals surface area (Å²) >= 11 is 0. The van der Waals surface area contributed by atoms with Gasteiger partial charge in [0.15, 0.2) is 0 Å². The van der Waals surface area contributed by atoms with Gasteiger partial charge in [-0.25, -0.2) is 0 Å². The summed E-state index contributed by atoms with van der Waals surface area (Å²) < 4.78 is 4.86. The Hall–Kier alpha value is 0.170. The van der Waals surface area contributed by atoms with Crippen molar-refractivity contribution in [1.29, 1.82) is 0 Å². The van der Waals surface area contributed by atoms with Crippen molar-refractivity contribution in [1.82, 2.24) is 0 Å². The van der Waals surface area contributed by atoms with E-state index in [1.54, 1.807) is 13.8 Å². The Labute approximate surface area is 67.4 Å². The molecule has 0 saturated heterocycles.